The first-order valence-corrected chi connectivity index (χ1v) is 7.38. The van der Waals surface area contributed by atoms with E-state index >= 15 is 0 Å². The summed E-state index contributed by atoms with van der Waals surface area (Å²) in [4.78, 5) is 12.0. The number of urea groups is 1. The molecule has 0 aliphatic rings. The van der Waals surface area contributed by atoms with Crippen molar-refractivity contribution < 1.29 is 4.79 Å². The monoisotopic (exact) mass is 282 g/mol. The van der Waals surface area contributed by atoms with E-state index in [1.807, 2.05) is 43.3 Å². The highest BCUT2D eigenvalue weighted by molar-refractivity contribution is 5.91. The lowest BCUT2D eigenvalue weighted by atomic mass is 10.1. The summed E-state index contributed by atoms with van der Waals surface area (Å²) in [5, 5.41) is 5.87. The summed E-state index contributed by atoms with van der Waals surface area (Å²) < 4.78 is 0. The zero-order chi connectivity index (χ0) is 15.1. The van der Waals surface area contributed by atoms with E-state index in [2.05, 4.69) is 29.7 Å². The van der Waals surface area contributed by atoms with Crippen LogP contribution in [0.5, 0.6) is 0 Å². The number of para-hydroxylation sites is 1. The van der Waals surface area contributed by atoms with Crippen molar-refractivity contribution in [2.24, 2.45) is 0 Å². The second kappa shape index (κ2) is 7.48. The molecule has 0 fully saturated rings. The van der Waals surface area contributed by atoms with Gasteiger partial charge in [0.15, 0.2) is 0 Å². The molecule has 0 saturated heterocycles. The largest absolute Gasteiger partial charge is 0.338 e. The summed E-state index contributed by atoms with van der Waals surface area (Å²) in [6.07, 6.45) is 1.74. The molecule has 0 spiro atoms. The van der Waals surface area contributed by atoms with Crippen molar-refractivity contribution in [1.82, 2.24) is 5.32 Å². The van der Waals surface area contributed by atoms with Gasteiger partial charge in [-0.15, -0.1) is 0 Å². The molecule has 2 rings (SSSR count). The summed E-state index contributed by atoms with van der Waals surface area (Å²) in [7, 11) is 0. The summed E-state index contributed by atoms with van der Waals surface area (Å²) >= 11 is 0. The molecule has 0 aliphatic carbocycles. The zero-order valence-corrected chi connectivity index (χ0v) is 12.6. The lowest BCUT2D eigenvalue weighted by molar-refractivity contribution is 0.252. The van der Waals surface area contributed by atoms with Gasteiger partial charge in [0.1, 0.15) is 0 Å². The number of nitrogens with one attached hydrogen (secondary N) is 2. The van der Waals surface area contributed by atoms with Crippen molar-refractivity contribution in [3.05, 3.63) is 65.2 Å². The molecule has 2 N–H and O–H groups in total. The van der Waals surface area contributed by atoms with Gasteiger partial charge in [0, 0.05) is 12.2 Å². The van der Waals surface area contributed by atoms with Crippen LogP contribution < -0.4 is 10.6 Å². The maximum Gasteiger partial charge on any atom is 0.319 e. The van der Waals surface area contributed by atoms with Crippen LogP contribution in [0.2, 0.25) is 0 Å². The van der Waals surface area contributed by atoms with Crippen molar-refractivity contribution in [2.75, 3.05) is 11.9 Å². The molecule has 3 nitrogen and oxygen atoms in total. The molecule has 0 bridgehead atoms. The molecule has 0 heterocycles. The minimum atomic E-state index is -0.144. The van der Waals surface area contributed by atoms with E-state index < -0.39 is 0 Å². The van der Waals surface area contributed by atoms with Crippen LogP contribution in [0.4, 0.5) is 10.5 Å². The quantitative estimate of drug-likeness (QED) is 0.857. The second-order valence-electron chi connectivity index (χ2n) is 5.08. The van der Waals surface area contributed by atoms with Crippen molar-refractivity contribution in [1.29, 1.82) is 0 Å². The Kier molecular flexibility index (Phi) is 5.38. The van der Waals surface area contributed by atoms with E-state index in [9.17, 15) is 4.79 Å². The summed E-state index contributed by atoms with van der Waals surface area (Å²) in [6, 6.07) is 16.1. The van der Waals surface area contributed by atoms with Crippen molar-refractivity contribution >= 4 is 11.7 Å². The highest BCUT2D eigenvalue weighted by atomic mass is 16.2. The van der Waals surface area contributed by atoms with E-state index in [0.717, 1.165) is 29.7 Å². The molecule has 0 radical (unpaired) electrons. The zero-order valence-electron chi connectivity index (χ0n) is 12.6. The molecular weight excluding hydrogens is 260 g/mol. The fourth-order valence-electron chi connectivity index (χ4n) is 2.32. The molecule has 2 amide bonds. The second-order valence-corrected chi connectivity index (χ2v) is 5.08. The summed E-state index contributed by atoms with van der Waals surface area (Å²) in [6.45, 7) is 4.73. The maximum atomic E-state index is 12.0. The smallest absolute Gasteiger partial charge is 0.319 e. The van der Waals surface area contributed by atoms with Gasteiger partial charge in [-0.1, -0.05) is 55.5 Å². The number of benzene rings is 2. The molecule has 0 atom stereocenters. The topological polar surface area (TPSA) is 41.1 Å². The third-order valence-electron chi connectivity index (χ3n) is 3.52. The van der Waals surface area contributed by atoms with Gasteiger partial charge in [-0.3, -0.25) is 0 Å². The van der Waals surface area contributed by atoms with E-state index in [4.69, 9.17) is 0 Å². The Morgan fingerprint density at radius 2 is 1.81 bits per heavy atom. The normalized spacial score (nSPS) is 10.2. The standard InChI is InChI=1S/C18H22N2O/c1-3-16-11-7-8-14(2)17(16)20-18(21)19-13-12-15-9-5-4-6-10-15/h4-11H,3,12-13H2,1-2H3,(H2,19,20,21). The lowest BCUT2D eigenvalue weighted by Crippen LogP contribution is -2.31. The number of rotatable bonds is 5. The van der Waals surface area contributed by atoms with Gasteiger partial charge >= 0.3 is 6.03 Å². The third kappa shape index (κ3) is 4.35. The number of aryl methyl sites for hydroxylation is 2. The van der Waals surface area contributed by atoms with Crippen LogP contribution in [0.3, 0.4) is 0 Å². The first-order chi connectivity index (χ1) is 10.2. The number of carbonyl (C=O) groups is 1. The van der Waals surface area contributed by atoms with Crippen molar-refractivity contribution in [3.8, 4) is 0 Å². The van der Waals surface area contributed by atoms with Crippen molar-refractivity contribution in [3.63, 3.8) is 0 Å². The van der Waals surface area contributed by atoms with Gasteiger partial charge in [0.25, 0.3) is 0 Å². The van der Waals surface area contributed by atoms with Crippen LogP contribution in [-0.2, 0) is 12.8 Å². The molecule has 110 valence electrons. The van der Waals surface area contributed by atoms with Gasteiger partial charge in [-0.25, -0.2) is 4.79 Å². The number of hydrogen-bond donors (Lipinski definition) is 2. The highest BCUT2D eigenvalue weighted by Crippen LogP contribution is 2.20. The fraction of sp³-hybridized carbons (Fsp3) is 0.278. The molecule has 3 heteroatoms. The Bertz CT molecular complexity index is 593. The Labute approximate surface area is 126 Å². The van der Waals surface area contributed by atoms with Gasteiger partial charge in [0.2, 0.25) is 0 Å². The van der Waals surface area contributed by atoms with Gasteiger partial charge in [0.05, 0.1) is 0 Å². The average Bonchev–Trinajstić information content (AvgIpc) is 2.50. The molecule has 0 saturated carbocycles. The Morgan fingerprint density at radius 3 is 2.52 bits per heavy atom. The van der Waals surface area contributed by atoms with E-state index in [1.165, 1.54) is 5.56 Å². The molecule has 21 heavy (non-hydrogen) atoms. The first kappa shape index (κ1) is 15.1. The predicted molar refractivity (Wildman–Crippen MR) is 87.7 cm³/mol. The van der Waals surface area contributed by atoms with Crippen LogP contribution in [0.25, 0.3) is 0 Å². The Morgan fingerprint density at radius 1 is 1.05 bits per heavy atom. The SMILES string of the molecule is CCc1cccc(C)c1NC(=O)NCCc1ccccc1. The Hall–Kier alpha value is -2.29. The van der Waals surface area contributed by atoms with Crippen LogP contribution in [0, 0.1) is 6.92 Å². The molecule has 0 aromatic heterocycles. The highest BCUT2D eigenvalue weighted by Gasteiger charge is 2.07. The molecule has 2 aromatic carbocycles. The number of hydrogen-bond acceptors (Lipinski definition) is 1. The fourth-order valence-corrected chi connectivity index (χ4v) is 2.32. The van der Waals surface area contributed by atoms with Crippen LogP contribution in [-0.4, -0.2) is 12.6 Å². The van der Waals surface area contributed by atoms with E-state index in [1.54, 1.807) is 0 Å². The van der Waals surface area contributed by atoms with Gasteiger partial charge < -0.3 is 10.6 Å². The third-order valence-corrected chi connectivity index (χ3v) is 3.52. The lowest BCUT2D eigenvalue weighted by Gasteiger charge is -2.13. The summed E-state index contributed by atoms with van der Waals surface area (Å²) in [5.74, 6) is 0. The number of carbonyl (C=O) groups excluding carboxylic acids is 1. The number of anilines is 1. The first-order valence-electron chi connectivity index (χ1n) is 7.38. The minimum absolute atomic E-state index is 0.144. The van der Waals surface area contributed by atoms with Crippen molar-refractivity contribution in [2.45, 2.75) is 26.7 Å². The van der Waals surface area contributed by atoms with E-state index in [-0.39, 0.29) is 6.03 Å². The Balaban J connectivity index is 1.88. The summed E-state index contributed by atoms with van der Waals surface area (Å²) in [5.41, 5.74) is 4.40. The molecular formula is C18H22N2O. The maximum absolute atomic E-state index is 12.0. The average molecular weight is 282 g/mol. The molecule has 0 aliphatic heterocycles. The van der Waals surface area contributed by atoms with Crippen LogP contribution in [0.1, 0.15) is 23.6 Å². The molecule has 0 unspecified atom stereocenters. The van der Waals surface area contributed by atoms with E-state index in [0.29, 0.717) is 6.54 Å². The van der Waals surface area contributed by atoms with Crippen LogP contribution >= 0.6 is 0 Å². The molecule has 2 aromatic rings. The minimum Gasteiger partial charge on any atom is -0.338 e. The van der Waals surface area contributed by atoms with Gasteiger partial charge in [-0.05, 0) is 36.5 Å². The van der Waals surface area contributed by atoms with Crippen LogP contribution in [0.15, 0.2) is 48.5 Å². The predicted octanol–water partition coefficient (Wildman–Crippen LogP) is 3.92. The number of amides is 2. The van der Waals surface area contributed by atoms with Gasteiger partial charge in [-0.2, -0.15) is 0 Å².